The number of amides is 1. The number of esters is 1. The van der Waals surface area contributed by atoms with Crippen LogP contribution in [-0.4, -0.2) is 25.0 Å². The Kier molecular flexibility index (Phi) is 7.10. The second-order valence-corrected chi connectivity index (χ2v) is 7.19. The lowest BCUT2D eigenvalue weighted by Gasteiger charge is -2.24. The molecule has 0 heterocycles. The molecule has 1 atom stereocenters. The van der Waals surface area contributed by atoms with Crippen LogP contribution >= 0.6 is 23.2 Å². The number of hydrogen-bond acceptors (Lipinski definition) is 3. The fourth-order valence-electron chi connectivity index (χ4n) is 1.97. The van der Waals surface area contributed by atoms with Gasteiger partial charge in [-0.3, -0.25) is 4.79 Å². The quantitative estimate of drug-likeness (QED) is 0.637. The molecule has 0 bridgehead atoms. The second-order valence-electron chi connectivity index (χ2n) is 6.35. The number of halogens is 2. The number of nitrogens with one attached hydrogen (secondary N) is 1. The minimum Gasteiger partial charge on any atom is -0.467 e. The van der Waals surface area contributed by atoms with Gasteiger partial charge in [0.2, 0.25) is 5.91 Å². The third kappa shape index (κ3) is 7.06. The molecular weight excluding hydrogens is 337 g/mol. The lowest BCUT2D eigenvalue weighted by Crippen LogP contribution is -2.43. The van der Waals surface area contributed by atoms with E-state index in [9.17, 15) is 9.59 Å². The molecule has 0 saturated carbocycles. The average molecular weight is 358 g/mol. The Hall–Kier alpha value is -1.52. The van der Waals surface area contributed by atoms with Crippen LogP contribution in [0.25, 0.3) is 6.08 Å². The molecule has 6 heteroatoms. The van der Waals surface area contributed by atoms with Crippen LogP contribution in [0, 0.1) is 5.41 Å². The van der Waals surface area contributed by atoms with Gasteiger partial charge in [0.05, 0.1) is 7.11 Å². The number of hydrogen-bond donors (Lipinski definition) is 1. The third-order valence-corrected chi connectivity index (χ3v) is 3.56. The molecular formula is C17H21Cl2NO3. The van der Waals surface area contributed by atoms with Crippen LogP contribution in [0.15, 0.2) is 24.3 Å². The van der Waals surface area contributed by atoms with E-state index in [1.54, 1.807) is 24.3 Å². The maximum absolute atomic E-state index is 12.0. The Balaban J connectivity index is 2.78. The summed E-state index contributed by atoms with van der Waals surface area (Å²) in [7, 11) is 1.30. The number of benzene rings is 1. The monoisotopic (exact) mass is 357 g/mol. The number of carbonyl (C=O) groups excluding carboxylic acids is 2. The molecule has 0 aliphatic heterocycles. The molecule has 0 aliphatic rings. The molecule has 1 N–H and O–H groups in total. The second kappa shape index (κ2) is 8.37. The van der Waals surface area contributed by atoms with Gasteiger partial charge in [-0.05, 0) is 35.6 Å². The van der Waals surface area contributed by atoms with E-state index in [1.807, 2.05) is 20.8 Å². The topological polar surface area (TPSA) is 55.4 Å². The molecule has 0 aliphatic carbocycles. The molecule has 1 aromatic rings. The Bertz CT molecular complexity index is 606. The average Bonchev–Trinajstić information content (AvgIpc) is 2.43. The van der Waals surface area contributed by atoms with E-state index in [-0.39, 0.29) is 5.41 Å². The molecule has 1 aromatic carbocycles. The lowest BCUT2D eigenvalue weighted by molar-refractivity contribution is -0.145. The van der Waals surface area contributed by atoms with Crippen molar-refractivity contribution in [1.82, 2.24) is 5.32 Å². The fourth-order valence-corrected chi connectivity index (χ4v) is 2.44. The first-order valence-electron chi connectivity index (χ1n) is 7.14. The van der Waals surface area contributed by atoms with Crippen LogP contribution in [-0.2, 0) is 14.3 Å². The SMILES string of the molecule is COC(=O)[C@H](CC(C)(C)C)NC(=O)/C=C/c1ccc(Cl)cc1Cl. The molecule has 0 radical (unpaired) electrons. The predicted octanol–water partition coefficient (Wildman–Crippen LogP) is 4.10. The summed E-state index contributed by atoms with van der Waals surface area (Å²) in [6.07, 6.45) is 3.37. The van der Waals surface area contributed by atoms with Crippen LogP contribution in [0.1, 0.15) is 32.8 Å². The number of carbonyl (C=O) groups is 2. The lowest BCUT2D eigenvalue weighted by atomic mass is 9.88. The van der Waals surface area contributed by atoms with Gasteiger partial charge in [0.25, 0.3) is 0 Å². The van der Waals surface area contributed by atoms with E-state index in [2.05, 4.69) is 5.32 Å². The van der Waals surface area contributed by atoms with Crippen molar-refractivity contribution in [3.63, 3.8) is 0 Å². The molecule has 23 heavy (non-hydrogen) atoms. The molecule has 4 nitrogen and oxygen atoms in total. The van der Waals surface area contributed by atoms with Gasteiger partial charge in [-0.1, -0.05) is 50.0 Å². The minimum atomic E-state index is -0.696. The molecule has 0 fully saturated rings. The van der Waals surface area contributed by atoms with Crippen molar-refractivity contribution >= 4 is 41.2 Å². The fraction of sp³-hybridized carbons (Fsp3) is 0.412. The van der Waals surface area contributed by atoms with E-state index < -0.39 is 17.9 Å². The number of rotatable bonds is 5. The Labute approximate surface area is 146 Å². The van der Waals surface area contributed by atoms with Gasteiger partial charge in [0.1, 0.15) is 6.04 Å². The van der Waals surface area contributed by atoms with E-state index >= 15 is 0 Å². The third-order valence-electron chi connectivity index (χ3n) is 3.00. The van der Waals surface area contributed by atoms with Crippen molar-refractivity contribution in [2.75, 3.05) is 7.11 Å². The maximum atomic E-state index is 12.0. The summed E-state index contributed by atoms with van der Waals surface area (Å²) in [5.74, 6) is -0.859. The van der Waals surface area contributed by atoms with Gasteiger partial charge in [-0.15, -0.1) is 0 Å². The zero-order valence-corrected chi connectivity index (χ0v) is 15.2. The summed E-state index contributed by atoms with van der Waals surface area (Å²) < 4.78 is 4.74. The van der Waals surface area contributed by atoms with Crippen molar-refractivity contribution in [2.24, 2.45) is 5.41 Å². The van der Waals surface area contributed by atoms with Crippen molar-refractivity contribution in [3.8, 4) is 0 Å². The van der Waals surface area contributed by atoms with Gasteiger partial charge in [0.15, 0.2) is 0 Å². The van der Waals surface area contributed by atoms with Gasteiger partial charge < -0.3 is 10.1 Å². The van der Waals surface area contributed by atoms with E-state index in [4.69, 9.17) is 27.9 Å². The summed E-state index contributed by atoms with van der Waals surface area (Å²) in [5.41, 5.74) is 0.534. The standard InChI is InChI=1S/C17H21Cl2NO3/c1-17(2,3)10-14(16(22)23-4)20-15(21)8-6-11-5-7-12(18)9-13(11)19/h5-9,14H,10H2,1-4H3,(H,20,21)/b8-6+/t14-/m0/s1. The highest BCUT2D eigenvalue weighted by Crippen LogP contribution is 2.23. The van der Waals surface area contributed by atoms with Crippen LogP contribution in [0.2, 0.25) is 10.0 Å². The van der Waals surface area contributed by atoms with E-state index in [0.29, 0.717) is 22.0 Å². The Morgan fingerprint density at radius 3 is 2.48 bits per heavy atom. The zero-order valence-electron chi connectivity index (χ0n) is 13.7. The van der Waals surface area contributed by atoms with Gasteiger partial charge in [-0.2, -0.15) is 0 Å². The first-order chi connectivity index (χ1) is 10.6. The van der Waals surface area contributed by atoms with Crippen LogP contribution in [0.5, 0.6) is 0 Å². The first-order valence-corrected chi connectivity index (χ1v) is 7.89. The van der Waals surface area contributed by atoms with E-state index in [0.717, 1.165) is 0 Å². The van der Waals surface area contributed by atoms with Crippen molar-refractivity contribution in [1.29, 1.82) is 0 Å². The molecule has 1 rings (SSSR count). The van der Waals surface area contributed by atoms with Gasteiger partial charge in [0, 0.05) is 16.1 Å². The summed E-state index contributed by atoms with van der Waals surface area (Å²) >= 11 is 11.9. The maximum Gasteiger partial charge on any atom is 0.328 e. The highest BCUT2D eigenvalue weighted by molar-refractivity contribution is 6.35. The normalized spacial score (nSPS) is 13.0. The Morgan fingerprint density at radius 1 is 1.30 bits per heavy atom. The highest BCUT2D eigenvalue weighted by atomic mass is 35.5. The van der Waals surface area contributed by atoms with Gasteiger partial charge in [-0.25, -0.2) is 4.79 Å². The van der Waals surface area contributed by atoms with E-state index in [1.165, 1.54) is 13.2 Å². The molecule has 0 saturated heterocycles. The minimum absolute atomic E-state index is 0.130. The summed E-state index contributed by atoms with van der Waals surface area (Å²) in [4.78, 5) is 23.8. The number of methoxy groups -OCH3 is 1. The number of ether oxygens (including phenoxy) is 1. The molecule has 0 unspecified atom stereocenters. The highest BCUT2D eigenvalue weighted by Gasteiger charge is 2.26. The molecule has 1 amide bonds. The van der Waals surface area contributed by atoms with Crippen molar-refractivity contribution in [2.45, 2.75) is 33.2 Å². The largest absolute Gasteiger partial charge is 0.467 e. The summed E-state index contributed by atoms with van der Waals surface area (Å²) in [6.45, 7) is 5.95. The van der Waals surface area contributed by atoms with Crippen molar-refractivity contribution in [3.05, 3.63) is 39.9 Å². The molecule has 0 spiro atoms. The van der Waals surface area contributed by atoms with Gasteiger partial charge >= 0.3 is 5.97 Å². The van der Waals surface area contributed by atoms with Crippen LogP contribution in [0.3, 0.4) is 0 Å². The predicted molar refractivity (Wildman–Crippen MR) is 93.5 cm³/mol. The molecule has 0 aromatic heterocycles. The summed E-state index contributed by atoms with van der Waals surface area (Å²) in [5, 5.41) is 3.62. The smallest absolute Gasteiger partial charge is 0.328 e. The van der Waals surface area contributed by atoms with Crippen LogP contribution in [0.4, 0.5) is 0 Å². The van der Waals surface area contributed by atoms with Crippen molar-refractivity contribution < 1.29 is 14.3 Å². The zero-order chi connectivity index (χ0) is 17.6. The Morgan fingerprint density at radius 2 is 1.96 bits per heavy atom. The van der Waals surface area contributed by atoms with Crippen LogP contribution < -0.4 is 5.32 Å². The molecule has 126 valence electrons. The first kappa shape index (κ1) is 19.5. The summed E-state index contributed by atoms with van der Waals surface area (Å²) in [6, 6.07) is 4.29.